The smallest absolute Gasteiger partial charge is 0.242 e. The summed E-state index contributed by atoms with van der Waals surface area (Å²) in [6, 6.07) is 0. The molecule has 1 N–H and O–H groups in total. The van der Waals surface area contributed by atoms with E-state index in [-0.39, 0.29) is 48.7 Å². The van der Waals surface area contributed by atoms with Crippen LogP contribution >= 0.6 is 48.6 Å². The first-order valence-corrected chi connectivity index (χ1v) is 9.12. The fourth-order valence-corrected chi connectivity index (χ4v) is 4.01. The number of carbonyl (C=O) groups is 1. The lowest BCUT2D eigenvalue weighted by atomic mass is 9.89. The molecule has 0 radical (unpaired) electrons. The minimum absolute atomic E-state index is 0. The molecule has 1 atom stereocenters. The Bertz CT molecular complexity index is 529. The molecule has 2 fully saturated rings. The van der Waals surface area contributed by atoms with Crippen molar-refractivity contribution in [2.75, 3.05) is 32.7 Å². The Labute approximate surface area is 173 Å². The van der Waals surface area contributed by atoms with Crippen molar-refractivity contribution in [1.82, 2.24) is 20.1 Å². The number of aromatic nitrogens is 1. The molecule has 1 aromatic rings. The van der Waals surface area contributed by atoms with E-state index < -0.39 is 0 Å². The largest absolute Gasteiger partial charge is 0.339 e. The number of aryl methyl sites for hydroxylation is 1. The standard InChI is InChI=1S/C16H26N4OS.3ClH/c1-13-18-14(12-22-13)11-19-7-9-20(10-8-19)15(21)16(2)5-3-4-6-17-16;;;/h12,17H,3-11H2,1-2H3;3*1H. The maximum atomic E-state index is 12.8. The molecule has 0 bridgehead atoms. The van der Waals surface area contributed by atoms with E-state index in [0.717, 1.165) is 62.8 Å². The van der Waals surface area contributed by atoms with Crippen LogP contribution in [0.15, 0.2) is 5.38 Å². The van der Waals surface area contributed by atoms with Crippen LogP contribution in [0.1, 0.15) is 36.9 Å². The molecule has 9 heteroatoms. The molecule has 2 saturated heterocycles. The predicted octanol–water partition coefficient (Wildman–Crippen LogP) is 2.89. The maximum absolute atomic E-state index is 12.8. The van der Waals surface area contributed by atoms with Gasteiger partial charge in [0.1, 0.15) is 0 Å². The van der Waals surface area contributed by atoms with E-state index >= 15 is 0 Å². The van der Waals surface area contributed by atoms with Crippen molar-refractivity contribution in [2.24, 2.45) is 0 Å². The molecule has 25 heavy (non-hydrogen) atoms. The monoisotopic (exact) mass is 430 g/mol. The van der Waals surface area contributed by atoms with Gasteiger partial charge in [-0.25, -0.2) is 4.98 Å². The highest BCUT2D eigenvalue weighted by molar-refractivity contribution is 7.09. The lowest BCUT2D eigenvalue weighted by Gasteiger charge is -2.41. The van der Waals surface area contributed by atoms with Crippen molar-refractivity contribution in [3.8, 4) is 0 Å². The number of amides is 1. The van der Waals surface area contributed by atoms with Gasteiger partial charge >= 0.3 is 0 Å². The first-order chi connectivity index (χ1) is 10.6. The van der Waals surface area contributed by atoms with Gasteiger partial charge in [0.25, 0.3) is 0 Å². The summed E-state index contributed by atoms with van der Waals surface area (Å²) >= 11 is 1.71. The Hall–Kier alpha value is -0.110. The number of hydrogen-bond donors (Lipinski definition) is 1. The molecule has 0 aromatic carbocycles. The van der Waals surface area contributed by atoms with Crippen molar-refractivity contribution >= 4 is 54.5 Å². The second kappa shape index (κ2) is 10.9. The third-order valence-corrected chi connectivity index (χ3v) is 5.62. The second-order valence-electron chi connectivity index (χ2n) is 6.64. The molecule has 0 saturated carbocycles. The number of nitrogens with zero attached hydrogens (tertiary/aromatic N) is 3. The van der Waals surface area contributed by atoms with Gasteiger partial charge in [0.2, 0.25) is 5.91 Å². The summed E-state index contributed by atoms with van der Waals surface area (Å²) in [5, 5.41) is 6.70. The average molecular weight is 432 g/mol. The molecule has 0 spiro atoms. The summed E-state index contributed by atoms with van der Waals surface area (Å²) in [4.78, 5) is 21.7. The Morgan fingerprint density at radius 1 is 1.24 bits per heavy atom. The van der Waals surface area contributed by atoms with E-state index in [1.165, 1.54) is 6.42 Å². The summed E-state index contributed by atoms with van der Waals surface area (Å²) in [5.74, 6) is 0.288. The highest BCUT2D eigenvalue weighted by atomic mass is 35.5. The topological polar surface area (TPSA) is 48.5 Å². The third-order valence-electron chi connectivity index (χ3n) is 4.80. The van der Waals surface area contributed by atoms with Gasteiger partial charge in [0, 0.05) is 38.1 Å². The van der Waals surface area contributed by atoms with Crippen molar-refractivity contribution in [2.45, 2.75) is 45.2 Å². The van der Waals surface area contributed by atoms with Gasteiger partial charge in [-0.15, -0.1) is 48.6 Å². The van der Waals surface area contributed by atoms with Gasteiger partial charge in [-0.2, -0.15) is 0 Å². The van der Waals surface area contributed by atoms with Gasteiger partial charge < -0.3 is 10.2 Å². The van der Waals surface area contributed by atoms with Crippen molar-refractivity contribution in [3.05, 3.63) is 16.1 Å². The minimum Gasteiger partial charge on any atom is -0.339 e. The molecule has 1 aromatic heterocycles. The van der Waals surface area contributed by atoms with Crippen molar-refractivity contribution in [3.63, 3.8) is 0 Å². The SMILES string of the molecule is Cc1nc(CN2CCN(C(=O)C3(C)CCCCN3)CC2)cs1.Cl.Cl.Cl. The average Bonchev–Trinajstić information content (AvgIpc) is 2.93. The number of piperidine rings is 1. The van der Waals surface area contributed by atoms with Crippen LogP contribution < -0.4 is 5.32 Å². The van der Waals surface area contributed by atoms with E-state index in [1.807, 2.05) is 11.8 Å². The number of nitrogens with one attached hydrogen (secondary N) is 1. The fraction of sp³-hybridized carbons (Fsp3) is 0.750. The number of hydrogen-bond acceptors (Lipinski definition) is 5. The molecule has 2 aliphatic heterocycles. The predicted molar refractivity (Wildman–Crippen MR) is 111 cm³/mol. The van der Waals surface area contributed by atoms with Crippen LogP contribution in [0.4, 0.5) is 0 Å². The van der Waals surface area contributed by atoms with E-state index in [0.29, 0.717) is 0 Å². The lowest BCUT2D eigenvalue weighted by Crippen LogP contribution is -2.61. The number of carbonyl (C=O) groups excluding carboxylic acids is 1. The maximum Gasteiger partial charge on any atom is 0.242 e. The van der Waals surface area contributed by atoms with Crippen molar-refractivity contribution < 1.29 is 4.79 Å². The van der Waals surface area contributed by atoms with E-state index in [4.69, 9.17) is 0 Å². The summed E-state index contributed by atoms with van der Waals surface area (Å²) < 4.78 is 0. The van der Waals surface area contributed by atoms with Gasteiger partial charge in [0.05, 0.1) is 16.2 Å². The van der Waals surface area contributed by atoms with Crippen LogP contribution in [-0.2, 0) is 11.3 Å². The van der Waals surface area contributed by atoms with E-state index in [1.54, 1.807) is 11.3 Å². The first-order valence-electron chi connectivity index (χ1n) is 8.25. The van der Waals surface area contributed by atoms with Crippen LogP contribution in [0.25, 0.3) is 0 Å². The molecule has 1 amide bonds. The molecule has 146 valence electrons. The van der Waals surface area contributed by atoms with Gasteiger partial charge in [-0.1, -0.05) is 0 Å². The summed E-state index contributed by atoms with van der Waals surface area (Å²) in [7, 11) is 0. The molecule has 1 unspecified atom stereocenters. The number of halogens is 3. The third kappa shape index (κ3) is 6.22. The lowest BCUT2D eigenvalue weighted by molar-refractivity contribution is -0.140. The zero-order chi connectivity index (χ0) is 15.6. The van der Waals surface area contributed by atoms with Crippen LogP contribution in [0.5, 0.6) is 0 Å². The van der Waals surface area contributed by atoms with Crippen LogP contribution in [0, 0.1) is 6.92 Å². The molecule has 3 rings (SSSR count). The molecule has 0 aliphatic carbocycles. The number of rotatable bonds is 3. The summed E-state index contributed by atoms with van der Waals surface area (Å²) in [6.45, 7) is 9.53. The van der Waals surface area contributed by atoms with Crippen molar-refractivity contribution in [1.29, 1.82) is 0 Å². The Morgan fingerprint density at radius 3 is 2.44 bits per heavy atom. The fourth-order valence-electron chi connectivity index (χ4n) is 3.41. The Kier molecular flexibility index (Phi) is 10.9. The molecular weight excluding hydrogens is 403 g/mol. The summed E-state index contributed by atoms with van der Waals surface area (Å²) in [6.07, 6.45) is 3.30. The zero-order valence-corrected chi connectivity index (χ0v) is 18.1. The molecule has 5 nitrogen and oxygen atoms in total. The van der Waals surface area contributed by atoms with E-state index in [9.17, 15) is 4.79 Å². The minimum atomic E-state index is -0.341. The van der Waals surface area contributed by atoms with E-state index in [2.05, 4.69) is 27.5 Å². The number of piperazine rings is 1. The second-order valence-corrected chi connectivity index (χ2v) is 7.70. The number of thiazole rings is 1. The molecular formula is C16H29Cl3N4OS. The quantitative estimate of drug-likeness (QED) is 0.799. The Morgan fingerprint density at radius 2 is 1.92 bits per heavy atom. The zero-order valence-electron chi connectivity index (χ0n) is 14.8. The highest BCUT2D eigenvalue weighted by Gasteiger charge is 2.38. The van der Waals surface area contributed by atoms with Gasteiger partial charge in [0.15, 0.2) is 0 Å². The van der Waals surface area contributed by atoms with Crippen LogP contribution in [-0.4, -0.2) is 59.0 Å². The molecule has 2 aliphatic rings. The highest BCUT2D eigenvalue weighted by Crippen LogP contribution is 2.22. The first kappa shape index (κ1) is 24.9. The van der Waals surface area contributed by atoms with Gasteiger partial charge in [-0.05, 0) is 39.7 Å². The summed E-state index contributed by atoms with van der Waals surface area (Å²) in [5.41, 5.74) is 0.815. The van der Waals surface area contributed by atoms with Crippen LogP contribution in [0.3, 0.4) is 0 Å². The van der Waals surface area contributed by atoms with Crippen LogP contribution in [0.2, 0.25) is 0 Å². The normalized spacial score (nSPS) is 23.8. The molecule has 3 heterocycles. The Balaban J connectivity index is 0.00000192. The van der Waals surface area contributed by atoms with Gasteiger partial charge in [-0.3, -0.25) is 9.69 Å².